The zero-order chi connectivity index (χ0) is 12.4. The van der Waals surface area contributed by atoms with E-state index in [1.807, 2.05) is 6.92 Å². The summed E-state index contributed by atoms with van der Waals surface area (Å²) < 4.78 is 10.9. The van der Waals surface area contributed by atoms with Crippen LogP contribution in [0.5, 0.6) is 0 Å². The SMILES string of the molecule is COC1(OC)C2(Cl)C[C@@H](C)C1(Cl)C(Cl)=C2Cl. The highest BCUT2D eigenvalue weighted by atomic mass is 35.5. The summed E-state index contributed by atoms with van der Waals surface area (Å²) in [7, 11) is 2.99. The molecule has 0 spiro atoms. The van der Waals surface area contributed by atoms with Crippen molar-refractivity contribution in [2.45, 2.75) is 28.9 Å². The summed E-state index contributed by atoms with van der Waals surface area (Å²) in [4.78, 5) is -2.02. The Hall–Kier alpha value is 0.820. The molecule has 0 saturated heterocycles. The second kappa shape index (κ2) is 3.66. The van der Waals surface area contributed by atoms with Crippen LogP contribution in [0.3, 0.4) is 0 Å². The predicted molar refractivity (Wildman–Crippen MR) is 66.4 cm³/mol. The zero-order valence-corrected chi connectivity index (χ0v) is 12.1. The molecule has 3 atom stereocenters. The number of halogens is 4. The molecular weight excluding hydrogens is 294 g/mol. The quantitative estimate of drug-likeness (QED) is 0.572. The second-order valence-corrected chi connectivity index (χ2v) is 6.27. The van der Waals surface area contributed by atoms with Crippen molar-refractivity contribution in [1.82, 2.24) is 0 Å². The van der Waals surface area contributed by atoms with Crippen molar-refractivity contribution >= 4 is 46.4 Å². The van der Waals surface area contributed by atoms with Gasteiger partial charge in [0.2, 0.25) is 5.79 Å². The molecule has 16 heavy (non-hydrogen) atoms. The average Bonchev–Trinajstić information content (AvgIpc) is 2.50. The molecule has 0 aliphatic heterocycles. The van der Waals surface area contributed by atoms with Gasteiger partial charge in [-0.3, -0.25) is 0 Å². The fourth-order valence-corrected chi connectivity index (χ4v) is 5.03. The first-order valence-corrected chi connectivity index (χ1v) is 6.37. The van der Waals surface area contributed by atoms with E-state index in [0.717, 1.165) is 0 Å². The minimum atomic E-state index is -1.21. The largest absolute Gasteiger partial charge is 0.350 e. The summed E-state index contributed by atoms with van der Waals surface area (Å²) in [6.45, 7) is 1.95. The highest BCUT2D eigenvalue weighted by Gasteiger charge is 2.79. The van der Waals surface area contributed by atoms with Crippen molar-refractivity contribution in [1.29, 1.82) is 0 Å². The lowest BCUT2D eigenvalue weighted by Crippen LogP contribution is -2.56. The van der Waals surface area contributed by atoms with Crippen molar-refractivity contribution < 1.29 is 9.47 Å². The molecular formula is C10H12Cl4O2. The first-order valence-electron chi connectivity index (χ1n) is 4.86. The zero-order valence-electron chi connectivity index (χ0n) is 9.11. The number of hydrogen-bond donors (Lipinski definition) is 0. The van der Waals surface area contributed by atoms with Gasteiger partial charge in [0.05, 0.1) is 10.1 Å². The fourth-order valence-electron chi connectivity index (χ4n) is 2.94. The molecule has 0 aromatic carbocycles. The van der Waals surface area contributed by atoms with E-state index in [0.29, 0.717) is 16.5 Å². The maximum absolute atomic E-state index is 6.60. The van der Waals surface area contributed by atoms with Gasteiger partial charge in [0, 0.05) is 14.2 Å². The summed E-state index contributed by atoms with van der Waals surface area (Å²) >= 11 is 25.5. The smallest absolute Gasteiger partial charge is 0.217 e. The monoisotopic (exact) mass is 304 g/mol. The van der Waals surface area contributed by atoms with Crippen LogP contribution in [0.4, 0.5) is 0 Å². The first-order chi connectivity index (χ1) is 7.31. The first kappa shape index (κ1) is 13.3. The molecule has 2 bridgehead atoms. The van der Waals surface area contributed by atoms with Crippen molar-refractivity contribution in [3.63, 3.8) is 0 Å². The molecule has 2 rings (SSSR count). The van der Waals surface area contributed by atoms with Gasteiger partial charge in [-0.25, -0.2) is 0 Å². The average molecular weight is 306 g/mol. The van der Waals surface area contributed by atoms with Gasteiger partial charge >= 0.3 is 0 Å². The number of ether oxygens (including phenoxy) is 2. The Morgan fingerprint density at radius 3 is 1.94 bits per heavy atom. The van der Waals surface area contributed by atoms with Crippen molar-refractivity contribution in [2.75, 3.05) is 14.2 Å². The van der Waals surface area contributed by atoms with Gasteiger partial charge in [0.25, 0.3) is 0 Å². The Bertz CT molecular complexity index is 366. The van der Waals surface area contributed by atoms with E-state index < -0.39 is 15.5 Å². The summed E-state index contributed by atoms with van der Waals surface area (Å²) in [6, 6.07) is 0. The van der Waals surface area contributed by atoms with E-state index in [4.69, 9.17) is 55.9 Å². The standard InChI is InChI=1S/C10H12Cl4O2/c1-5-4-8(13)6(11)7(12)9(5,14)10(8,15-2)16-3/h5H,4H2,1-3H3/t5-,8?,9?/m1/s1. The summed E-state index contributed by atoms with van der Waals surface area (Å²) in [5, 5.41) is 0.654. The molecule has 2 nitrogen and oxygen atoms in total. The van der Waals surface area contributed by atoms with Crippen molar-refractivity contribution in [3.8, 4) is 0 Å². The lowest BCUT2D eigenvalue weighted by atomic mass is 9.93. The summed E-state index contributed by atoms with van der Waals surface area (Å²) in [5.41, 5.74) is 0. The van der Waals surface area contributed by atoms with Gasteiger partial charge in [0.1, 0.15) is 9.75 Å². The van der Waals surface area contributed by atoms with Crippen LogP contribution in [0.1, 0.15) is 13.3 Å². The third kappa shape index (κ3) is 1.05. The van der Waals surface area contributed by atoms with Crippen molar-refractivity contribution in [2.24, 2.45) is 5.92 Å². The number of fused-ring (bicyclic) bond motifs is 2. The molecule has 2 aliphatic rings. The number of rotatable bonds is 2. The molecule has 0 amide bonds. The summed E-state index contributed by atoms with van der Waals surface area (Å²) in [5.74, 6) is -1.20. The molecule has 0 aromatic heterocycles. The van der Waals surface area contributed by atoms with E-state index in [9.17, 15) is 0 Å². The Kier molecular flexibility index (Phi) is 3.03. The van der Waals surface area contributed by atoms with Gasteiger partial charge in [-0.1, -0.05) is 30.1 Å². The van der Waals surface area contributed by atoms with E-state index in [2.05, 4.69) is 0 Å². The topological polar surface area (TPSA) is 18.5 Å². The molecule has 0 N–H and O–H groups in total. The predicted octanol–water partition coefficient (Wildman–Crippen LogP) is 3.67. The molecule has 2 aliphatic carbocycles. The molecule has 1 saturated carbocycles. The van der Waals surface area contributed by atoms with E-state index in [1.165, 1.54) is 14.2 Å². The van der Waals surface area contributed by atoms with Crippen LogP contribution < -0.4 is 0 Å². The lowest BCUT2D eigenvalue weighted by Gasteiger charge is -2.40. The second-order valence-electron chi connectivity index (χ2n) is 4.27. The van der Waals surface area contributed by atoms with Gasteiger partial charge in [-0.05, 0) is 12.3 Å². The molecule has 0 radical (unpaired) electrons. The highest BCUT2D eigenvalue weighted by Crippen LogP contribution is 2.71. The Morgan fingerprint density at radius 2 is 1.62 bits per heavy atom. The van der Waals surface area contributed by atoms with E-state index >= 15 is 0 Å². The third-order valence-electron chi connectivity index (χ3n) is 3.70. The minimum absolute atomic E-state index is 0.0153. The van der Waals surface area contributed by atoms with Crippen LogP contribution in [0, 0.1) is 5.92 Å². The third-order valence-corrected chi connectivity index (χ3v) is 6.39. The molecule has 1 fully saturated rings. The maximum Gasteiger partial charge on any atom is 0.217 e. The van der Waals surface area contributed by atoms with Crippen LogP contribution >= 0.6 is 46.4 Å². The van der Waals surface area contributed by atoms with Gasteiger partial charge < -0.3 is 9.47 Å². The molecule has 2 unspecified atom stereocenters. The van der Waals surface area contributed by atoms with Crippen LogP contribution in [0.15, 0.2) is 10.1 Å². The minimum Gasteiger partial charge on any atom is -0.350 e. The van der Waals surface area contributed by atoms with Crippen molar-refractivity contribution in [3.05, 3.63) is 10.1 Å². The van der Waals surface area contributed by atoms with E-state index in [1.54, 1.807) is 0 Å². The Balaban J connectivity index is 2.70. The number of hydrogen-bond acceptors (Lipinski definition) is 2. The lowest BCUT2D eigenvalue weighted by molar-refractivity contribution is -0.218. The van der Waals surface area contributed by atoms with Gasteiger partial charge in [-0.15, -0.1) is 23.2 Å². The van der Waals surface area contributed by atoms with Gasteiger partial charge in [0.15, 0.2) is 0 Å². The van der Waals surface area contributed by atoms with Crippen LogP contribution in [0.2, 0.25) is 0 Å². The molecule has 0 heterocycles. The van der Waals surface area contributed by atoms with Crippen LogP contribution in [-0.4, -0.2) is 29.8 Å². The van der Waals surface area contributed by atoms with Crippen LogP contribution in [-0.2, 0) is 9.47 Å². The summed E-state index contributed by atoms with van der Waals surface area (Å²) in [6.07, 6.45) is 0.564. The van der Waals surface area contributed by atoms with E-state index in [-0.39, 0.29) is 5.92 Å². The molecule has 6 heteroatoms. The van der Waals surface area contributed by atoms with Gasteiger partial charge in [-0.2, -0.15) is 0 Å². The van der Waals surface area contributed by atoms with Crippen LogP contribution in [0.25, 0.3) is 0 Å². The Morgan fingerprint density at radius 1 is 1.12 bits per heavy atom. The highest BCUT2D eigenvalue weighted by molar-refractivity contribution is 6.51. The maximum atomic E-state index is 6.60. The fraction of sp³-hybridized carbons (Fsp3) is 0.800. The number of methoxy groups -OCH3 is 2. The molecule has 0 aromatic rings. The molecule has 92 valence electrons. The number of alkyl halides is 2. The Labute approximate surface area is 115 Å². The normalized spacial score (nSPS) is 45.6.